The van der Waals surface area contributed by atoms with Gasteiger partial charge in [0.15, 0.2) is 0 Å². The highest BCUT2D eigenvalue weighted by Gasteiger charge is 2.26. The molecule has 1 aromatic carbocycles. The highest BCUT2D eigenvalue weighted by atomic mass is 16.2. The number of aromatic amines is 1. The van der Waals surface area contributed by atoms with Crippen LogP contribution in [0.15, 0.2) is 47.5 Å². The van der Waals surface area contributed by atoms with Crippen LogP contribution in [0.2, 0.25) is 0 Å². The Morgan fingerprint density at radius 3 is 2.82 bits per heavy atom. The Morgan fingerprint density at radius 2 is 1.96 bits per heavy atom. The molecule has 0 saturated heterocycles. The van der Waals surface area contributed by atoms with Gasteiger partial charge in [-0.15, -0.1) is 0 Å². The van der Waals surface area contributed by atoms with Crippen molar-refractivity contribution in [1.82, 2.24) is 19.3 Å². The Morgan fingerprint density at radius 1 is 1.14 bits per heavy atom. The lowest BCUT2D eigenvalue weighted by Crippen LogP contribution is -2.39. The molecule has 4 aromatic rings. The van der Waals surface area contributed by atoms with E-state index in [2.05, 4.69) is 35.1 Å². The first-order valence-electron chi connectivity index (χ1n) is 9.38. The van der Waals surface area contributed by atoms with Gasteiger partial charge in [-0.25, -0.2) is 4.98 Å². The number of hydrogen-bond acceptors (Lipinski definition) is 3. The number of pyridine rings is 1. The molecule has 6 heteroatoms. The van der Waals surface area contributed by atoms with Gasteiger partial charge in [-0.3, -0.25) is 14.0 Å². The van der Waals surface area contributed by atoms with E-state index in [1.165, 1.54) is 21.9 Å². The van der Waals surface area contributed by atoms with Gasteiger partial charge in [0, 0.05) is 54.1 Å². The number of carbonyl (C=O) groups is 1. The largest absolute Gasteiger partial charge is 0.358 e. The number of carbonyl (C=O) groups excluding carboxylic acids is 1. The van der Waals surface area contributed by atoms with Crippen molar-refractivity contribution in [2.75, 3.05) is 6.54 Å². The summed E-state index contributed by atoms with van der Waals surface area (Å²) in [5.41, 5.74) is 5.95. The molecule has 28 heavy (non-hydrogen) atoms. The number of nitrogens with zero attached hydrogens (tertiary/aromatic N) is 3. The highest BCUT2D eigenvalue weighted by molar-refractivity contribution is 5.94. The summed E-state index contributed by atoms with van der Waals surface area (Å²) in [6.45, 7) is 5.08. The zero-order chi connectivity index (χ0) is 19.4. The molecule has 0 fully saturated rings. The number of nitrogens with one attached hydrogen (secondary N) is 1. The van der Waals surface area contributed by atoms with Crippen LogP contribution in [0.1, 0.15) is 32.7 Å². The standard InChI is InChI=1S/C22H20N4O2/c1-13-3-4-18-15(9-13)17-12-25(7-6-19(17)24-18)21(27)16-11-23-20-10-14(2)5-8-26(20)22(16)28/h3-5,8-11,24H,6-7,12H2,1-2H3. The van der Waals surface area contributed by atoms with Crippen LogP contribution in [0.4, 0.5) is 0 Å². The number of hydrogen-bond donors (Lipinski definition) is 1. The second-order valence-electron chi connectivity index (χ2n) is 7.52. The molecule has 1 aliphatic rings. The minimum Gasteiger partial charge on any atom is -0.358 e. The van der Waals surface area contributed by atoms with E-state index in [1.807, 2.05) is 19.1 Å². The maximum atomic E-state index is 13.1. The quantitative estimate of drug-likeness (QED) is 0.558. The Bertz CT molecular complexity index is 1320. The molecule has 1 amide bonds. The second kappa shape index (κ2) is 6.05. The number of amides is 1. The van der Waals surface area contributed by atoms with Crippen molar-refractivity contribution in [3.05, 3.63) is 81.0 Å². The fourth-order valence-corrected chi connectivity index (χ4v) is 4.00. The molecule has 3 aromatic heterocycles. The Hall–Kier alpha value is -3.41. The average Bonchev–Trinajstić information content (AvgIpc) is 3.04. The van der Waals surface area contributed by atoms with E-state index in [0.717, 1.165) is 28.5 Å². The SMILES string of the molecule is Cc1ccc2[nH]c3c(c2c1)CN(C(=O)c1cnc2cc(C)ccn2c1=O)CC3. The predicted molar refractivity (Wildman–Crippen MR) is 108 cm³/mol. The topological polar surface area (TPSA) is 70.5 Å². The maximum absolute atomic E-state index is 13.1. The van der Waals surface area contributed by atoms with Crippen molar-refractivity contribution in [2.45, 2.75) is 26.8 Å². The molecule has 0 atom stereocenters. The molecule has 1 aliphatic heterocycles. The minimum atomic E-state index is -0.324. The third kappa shape index (κ3) is 2.52. The van der Waals surface area contributed by atoms with E-state index in [1.54, 1.807) is 11.1 Å². The van der Waals surface area contributed by atoms with E-state index < -0.39 is 0 Å². The second-order valence-corrected chi connectivity index (χ2v) is 7.52. The number of H-pyrrole nitrogens is 1. The van der Waals surface area contributed by atoms with Crippen LogP contribution in [0.3, 0.4) is 0 Å². The lowest BCUT2D eigenvalue weighted by atomic mass is 10.0. The molecule has 0 saturated carbocycles. The summed E-state index contributed by atoms with van der Waals surface area (Å²) in [6, 6.07) is 9.98. The zero-order valence-corrected chi connectivity index (χ0v) is 15.8. The fourth-order valence-electron chi connectivity index (χ4n) is 4.00. The average molecular weight is 372 g/mol. The summed E-state index contributed by atoms with van der Waals surface area (Å²) < 4.78 is 1.44. The van der Waals surface area contributed by atoms with Crippen molar-refractivity contribution in [3.8, 4) is 0 Å². The Labute approximate surface area is 161 Å². The number of rotatable bonds is 1. The predicted octanol–water partition coefficient (Wildman–Crippen LogP) is 2.99. The first-order chi connectivity index (χ1) is 13.5. The first-order valence-corrected chi connectivity index (χ1v) is 9.38. The summed E-state index contributed by atoms with van der Waals surface area (Å²) in [7, 11) is 0. The van der Waals surface area contributed by atoms with E-state index >= 15 is 0 Å². The molecule has 0 aliphatic carbocycles. The van der Waals surface area contributed by atoms with Gasteiger partial charge in [0.2, 0.25) is 0 Å². The molecule has 1 N–H and O–H groups in total. The van der Waals surface area contributed by atoms with Gasteiger partial charge in [-0.05, 0) is 43.7 Å². The summed E-state index contributed by atoms with van der Waals surface area (Å²) in [6.07, 6.45) is 3.83. The number of benzene rings is 1. The molecule has 4 heterocycles. The van der Waals surface area contributed by atoms with Gasteiger partial charge in [-0.2, -0.15) is 0 Å². The van der Waals surface area contributed by atoms with Gasteiger partial charge < -0.3 is 9.88 Å². The van der Waals surface area contributed by atoms with Crippen molar-refractivity contribution in [1.29, 1.82) is 0 Å². The smallest absolute Gasteiger partial charge is 0.270 e. The van der Waals surface area contributed by atoms with Crippen LogP contribution in [-0.2, 0) is 13.0 Å². The maximum Gasteiger partial charge on any atom is 0.270 e. The van der Waals surface area contributed by atoms with E-state index in [-0.39, 0.29) is 17.0 Å². The van der Waals surface area contributed by atoms with Crippen LogP contribution < -0.4 is 5.56 Å². The fraction of sp³-hybridized carbons (Fsp3) is 0.227. The van der Waals surface area contributed by atoms with Crippen LogP contribution in [0.25, 0.3) is 16.6 Å². The van der Waals surface area contributed by atoms with Crippen LogP contribution in [0, 0.1) is 13.8 Å². The summed E-state index contributed by atoms with van der Waals surface area (Å²) in [5.74, 6) is -0.264. The number of aromatic nitrogens is 3. The molecule has 0 radical (unpaired) electrons. The Kier molecular flexibility index (Phi) is 3.62. The first kappa shape index (κ1) is 16.7. The summed E-state index contributed by atoms with van der Waals surface area (Å²) in [4.78, 5) is 35.5. The molecule has 0 bridgehead atoms. The normalized spacial score (nSPS) is 13.9. The monoisotopic (exact) mass is 372 g/mol. The van der Waals surface area contributed by atoms with Gasteiger partial charge in [0.1, 0.15) is 11.2 Å². The molecular weight excluding hydrogens is 352 g/mol. The van der Waals surface area contributed by atoms with Crippen LogP contribution in [0.5, 0.6) is 0 Å². The van der Waals surface area contributed by atoms with Crippen LogP contribution >= 0.6 is 0 Å². The molecular formula is C22H20N4O2. The van der Waals surface area contributed by atoms with Crippen molar-refractivity contribution >= 4 is 22.5 Å². The van der Waals surface area contributed by atoms with E-state index in [9.17, 15) is 9.59 Å². The van der Waals surface area contributed by atoms with E-state index in [4.69, 9.17) is 0 Å². The van der Waals surface area contributed by atoms with Crippen molar-refractivity contribution in [2.24, 2.45) is 0 Å². The van der Waals surface area contributed by atoms with Crippen molar-refractivity contribution in [3.63, 3.8) is 0 Å². The number of aryl methyl sites for hydroxylation is 2. The zero-order valence-electron chi connectivity index (χ0n) is 15.8. The lowest BCUT2D eigenvalue weighted by molar-refractivity contribution is 0.0732. The van der Waals surface area contributed by atoms with Gasteiger partial charge in [0.25, 0.3) is 11.5 Å². The number of fused-ring (bicyclic) bond motifs is 4. The van der Waals surface area contributed by atoms with Crippen molar-refractivity contribution < 1.29 is 4.79 Å². The van der Waals surface area contributed by atoms with Gasteiger partial charge in [-0.1, -0.05) is 11.6 Å². The Balaban J connectivity index is 1.53. The van der Waals surface area contributed by atoms with Gasteiger partial charge >= 0.3 is 0 Å². The molecule has 5 rings (SSSR count). The van der Waals surface area contributed by atoms with Gasteiger partial charge in [0.05, 0.1) is 0 Å². The van der Waals surface area contributed by atoms with E-state index in [0.29, 0.717) is 18.7 Å². The minimum absolute atomic E-state index is 0.112. The molecule has 0 unspecified atom stereocenters. The summed E-state index contributed by atoms with van der Waals surface area (Å²) in [5, 5.41) is 1.15. The highest BCUT2D eigenvalue weighted by Crippen LogP contribution is 2.29. The molecule has 6 nitrogen and oxygen atoms in total. The third-order valence-electron chi connectivity index (χ3n) is 5.51. The molecule has 0 spiro atoms. The lowest BCUT2D eigenvalue weighted by Gasteiger charge is -2.27. The van der Waals surface area contributed by atoms with Crippen LogP contribution in [-0.4, -0.2) is 31.7 Å². The molecule has 140 valence electrons. The summed E-state index contributed by atoms with van der Waals surface area (Å²) >= 11 is 0. The third-order valence-corrected chi connectivity index (χ3v) is 5.51.